The second kappa shape index (κ2) is 6.39. The lowest BCUT2D eigenvalue weighted by atomic mass is 10.2. The van der Waals surface area contributed by atoms with E-state index in [-0.39, 0.29) is 11.5 Å². The van der Waals surface area contributed by atoms with Crippen LogP contribution in [0.3, 0.4) is 0 Å². The molecule has 96 valence electrons. The van der Waals surface area contributed by atoms with Crippen LogP contribution in [0.2, 0.25) is 0 Å². The Morgan fingerprint density at radius 2 is 2.12 bits per heavy atom. The minimum Gasteiger partial charge on any atom is -0.476 e. The molecule has 0 amide bonds. The highest BCUT2D eigenvalue weighted by Gasteiger charge is 2.05. The zero-order valence-electron chi connectivity index (χ0n) is 10.9. The molecule has 1 aromatic heterocycles. The molecule has 2 N–H and O–H groups in total. The number of hydrogen-bond acceptors (Lipinski definition) is 4. The van der Waals surface area contributed by atoms with Crippen molar-refractivity contribution in [3.8, 4) is 5.88 Å². The van der Waals surface area contributed by atoms with E-state index in [2.05, 4.69) is 29.1 Å². The number of ether oxygens (including phenoxy) is 1. The Morgan fingerprint density at radius 1 is 1.41 bits per heavy atom. The lowest BCUT2D eigenvalue weighted by Crippen LogP contribution is -2.28. The number of nitrogens with zero attached hydrogens (tertiary/aromatic N) is 1. The van der Waals surface area contributed by atoms with E-state index in [1.807, 2.05) is 13.8 Å². The molecule has 1 heterocycles. The van der Waals surface area contributed by atoms with E-state index in [9.17, 15) is 4.79 Å². The quantitative estimate of drug-likeness (QED) is 0.734. The first-order valence-electron chi connectivity index (χ1n) is 5.96. The van der Waals surface area contributed by atoms with Crippen molar-refractivity contribution in [1.82, 2.24) is 15.3 Å². The lowest BCUT2D eigenvalue weighted by Gasteiger charge is -2.10. The van der Waals surface area contributed by atoms with Crippen LogP contribution in [0, 0.1) is 0 Å². The summed E-state index contributed by atoms with van der Waals surface area (Å²) < 4.78 is 5.43. The SMILES string of the molecule is CC(C)NCCOc1cc(=O)[nH]c(C(C)C)n1. The molecule has 0 aliphatic rings. The van der Waals surface area contributed by atoms with Crippen LogP contribution in [0.5, 0.6) is 5.88 Å². The number of aromatic nitrogens is 2. The highest BCUT2D eigenvalue weighted by atomic mass is 16.5. The second-order valence-corrected chi connectivity index (χ2v) is 4.58. The normalized spacial score (nSPS) is 11.2. The average Bonchev–Trinajstić information content (AvgIpc) is 2.23. The summed E-state index contributed by atoms with van der Waals surface area (Å²) in [5.41, 5.74) is -0.171. The van der Waals surface area contributed by atoms with Crippen LogP contribution in [-0.4, -0.2) is 29.2 Å². The van der Waals surface area contributed by atoms with Crippen molar-refractivity contribution in [1.29, 1.82) is 0 Å². The number of H-pyrrole nitrogens is 1. The Balaban J connectivity index is 2.56. The molecule has 5 heteroatoms. The first-order valence-corrected chi connectivity index (χ1v) is 5.96. The third-order valence-electron chi connectivity index (χ3n) is 2.19. The molecule has 0 atom stereocenters. The average molecular weight is 239 g/mol. The highest BCUT2D eigenvalue weighted by molar-refractivity contribution is 5.10. The minimum absolute atomic E-state index is 0.171. The molecule has 0 aliphatic heterocycles. The van der Waals surface area contributed by atoms with Gasteiger partial charge >= 0.3 is 0 Å². The first kappa shape index (κ1) is 13.7. The minimum atomic E-state index is -0.171. The van der Waals surface area contributed by atoms with Crippen molar-refractivity contribution in [3.63, 3.8) is 0 Å². The summed E-state index contributed by atoms with van der Waals surface area (Å²) in [6.07, 6.45) is 0. The van der Waals surface area contributed by atoms with E-state index in [1.54, 1.807) is 0 Å². The van der Waals surface area contributed by atoms with Gasteiger partial charge in [-0.25, -0.2) is 0 Å². The fourth-order valence-electron chi connectivity index (χ4n) is 1.30. The van der Waals surface area contributed by atoms with Crippen LogP contribution in [0.4, 0.5) is 0 Å². The largest absolute Gasteiger partial charge is 0.476 e. The van der Waals surface area contributed by atoms with Crippen LogP contribution in [0.25, 0.3) is 0 Å². The van der Waals surface area contributed by atoms with Crippen molar-refractivity contribution in [2.75, 3.05) is 13.2 Å². The van der Waals surface area contributed by atoms with Crippen LogP contribution in [0.1, 0.15) is 39.4 Å². The Bertz CT molecular complexity index is 399. The number of aromatic amines is 1. The van der Waals surface area contributed by atoms with Crippen LogP contribution in [-0.2, 0) is 0 Å². The summed E-state index contributed by atoms with van der Waals surface area (Å²) in [6, 6.07) is 1.80. The molecule has 0 bridgehead atoms. The molecular formula is C12H21N3O2. The highest BCUT2D eigenvalue weighted by Crippen LogP contribution is 2.10. The number of hydrogen-bond donors (Lipinski definition) is 2. The summed E-state index contributed by atoms with van der Waals surface area (Å²) in [4.78, 5) is 18.3. The van der Waals surface area contributed by atoms with Gasteiger partial charge in [-0.2, -0.15) is 4.98 Å². The van der Waals surface area contributed by atoms with Gasteiger partial charge in [0.05, 0.1) is 6.07 Å². The summed E-state index contributed by atoms with van der Waals surface area (Å²) in [5, 5.41) is 3.23. The fraction of sp³-hybridized carbons (Fsp3) is 0.667. The maximum absolute atomic E-state index is 11.4. The van der Waals surface area contributed by atoms with E-state index in [4.69, 9.17) is 4.74 Å². The van der Waals surface area contributed by atoms with Crippen molar-refractivity contribution in [3.05, 3.63) is 22.2 Å². The summed E-state index contributed by atoms with van der Waals surface area (Å²) >= 11 is 0. The van der Waals surface area contributed by atoms with E-state index in [0.29, 0.717) is 24.4 Å². The molecule has 0 radical (unpaired) electrons. The fourth-order valence-corrected chi connectivity index (χ4v) is 1.30. The Kier molecular flexibility index (Phi) is 5.15. The standard InChI is InChI=1S/C12H21N3O2/c1-8(2)12-14-10(16)7-11(15-12)17-6-5-13-9(3)4/h7-9,13H,5-6H2,1-4H3,(H,14,15,16). The Hall–Kier alpha value is -1.36. The van der Waals surface area contributed by atoms with E-state index >= 15 is 0 Å². The smallest absolute Gasteiger partial charge is 0.254 e. The van der Waals surface area contributed by atoms with Crippen LogP contribution >= 0.6 is 0 Å². The maximum Gasteiger partial charge on any atom is 0.254 e. The topological polar surface area (TPSA) is 67.0 Å². The van der Waals surface area contributed by atoms with E-state index < -0.39 is 0 Å². The van der Waals surface area contributed by atoms with Gasteiger partial charge in [-0.15, -0.1) is 0 Å². The predicted octanol–water partition coefficient (Wildman–Crippen LogP) is 1.27. The molecular weight excluding hydrogens is 218 g/mol. The molecule has 5 nitrogen and oxygen atoms in total. The second-order valence-electron chi connectivity index (χ2n) is 4.58. The summed E-state index contributed by atoms with van der Waals surface area (Å²) in [7, 11) is 0. The first-order chi connectivity index (χ1) is 7.99. The third-order valence-corrected chi connectivity index (χ3v) is 2.19. The van der Waals surface area contributed by atoms with E-state index in [1.165, 1.54) is 6.07 Å². The molecule has 1 aromatic rings. The van der Waals surface area contributed by atoms with Gasteiger partial charge in [0.15, 0.2) is 0 Å². The van der Waals surface area contributed by atoms with Gasteiger partial charge in [0.25, 0.3) is 5.56 Å². The van der Waals surface area contributed by atoms with Crippen molar-refractivity contribution in [2.24, 2.45) is 0 Å². The molecule has 0 saturated carbocycles. The van der Waals surface area contributed by atoms with Crippen LogP contribution < -0.4 is 15.6 Å². The van der Waals surface area contributed by atoms with Crippen molar-refractivity contribution in [2.45, 2.75) is 39.7 Å². The zero-order valence-corrected chi connectivity index (χ0v) is 10.9. The molecule has 0 spiro atoms. The van der Waals surface area contributed by atoms with Crippen molar-refractivity contribution >= 4 is 0 Å². The molecule has 0 fully saturated rings. The Labute approximate surface area is 102 Å². The van der Waals surface area contributed by atoms with Gasteiger partial charge in [-0.3, -0.25) is 4.79 Å². The molecule has 0 aromatic carbocycles. The zero-order chi connectivity index (χ0) is 12.8. The van der Waals surface area contributed by atoms with Gasteiger partial charge < -0.3 is 15.0 Å². The molecule has 17 heavy (non-hydrogen) atoms. The van der Waals surface area contributed by atoms with Gasteiger partial charge in [0.2, 0.25) is 5.88 Å². The van der Waals surface area contributed by atoms with Gasteiger partial charge in [-0.1, -0.05) is 27.7 Å². The summed E-state index contributed by atoms with van der Waals surface area (Å²) in [6.45, 7) is 9.34. The number of rotatable bonds is 6. The van der Waals surface area contributed by atoms with Gasteiger partial charge in [-0.05, 0) is 0 Å². The van der Waals surface area contributed by atoms with E-state index in [0.717, 1.165) is 6.54 Å². The van der Waals surface area contributed by atoms with Gasteiger partial charge in [0, 0.05) is 18.5 Å². The molecule has 0 aliphatic carbocycles. The van der Waals surface area contributed by atoms with Gasteiger partial charge in [0.1, 0.15) is 12.4 Å². The molecule has 0 saturated heterocycles. The lowest BCUT2D eigenvalue weighted by molar-refractivity contribution is 0.295. The summed E-state index contributed by atoms with van der Waals surface area (Å²) in [5.74, 6) is 1.23. The maximum atomic E-state index is 11.4. The monoisotopic (exact) mass is 239 g/mol. The molecule has 0 unspecified atom stereocenters. The van der Waals surface area contributed by atoms with Crippen molar-refractivity contribution < 1.29 is 4.74 Å². The molecule has 1 rings (SSSR count). The predicted molar refractivity (Wildman–Crippen MR) is 67.6 cm³/mol. The third kappa shape index (κ3) is 4.99. The Morgan fingerprint density at radius 3 is 2.71 bits per heavy atom. The number of nitrogens with one attached hydrogen (secondary N) is 2. The van der Waals surface area contributed by atoms with Crippen LogP contribution in [0.15, 0.2) is 10.9 Å².